The van der Waals surface area contributed by atoms with E-state index in [4.69, 9.17) is 16.8 Å². The van der Waals surface area contributed by atoms with Crippen molar-refractivity contribution < 1.29 is 16.8 Å². The zero-order chi connectivity index (χ0) is 30.5. The first kappa shape index (κ1) is 12.9. The number of nitrogens with zero attached hydrogens (tertiary/aromatic N) is 4. The van der Waals surface area contributed by atoms with Gasteiger partial charge in [-0.15, -0.1) is 10.2 Å². The van der Waals surface area contributed by atoms with Gasteiger partial charge in [-0.05, 0) is 72.6 Å². The molecule has 0 bridgehead atoms. The highest BCUT2D eigenvalue weighted by molar-refractivity contribution is 5.78. The van der Waals surface area contributed by atoms with Crippen LogP contribution in [0.3, 0.4) is 0 Å². The Morgan fingerprint density at radius 1 is 0.875 bits per heavy atom. The van der Waals surface area contributed by atoms with Crippen LogP contribution in [0.1, 0.15) is 61.3 Å². The summed E-state index contributed by atoms with van der Waals surface area (Å²) in [5, 5.41) is 18.1. The fourth-order valence-electron chi connectivity index (χ4n) is 3.18. The summed E-state index contributed by atoms with van der Waals surface area (Å²) < 4.78 is 76.7. The molecule has 5 heteroatoms. The number of aromatic nitrogens is 3. The number of aryl methyl sites for hydroxylation is 3. The van der Waals surface area contributed by atoms with Crippen molar-refractivity contribution in [2.45, 2.75) is 46.7 Å². The molecular weight excluding hydrogens is 396 g/mol. The first-order valence-electron chi connectivity index (χ1n) is 14.4. The Bertz CT molecular complexity index is 1650. The monoisotopic (exact) mass is 431 g/mol. The fraction of sp³-hybridized carbons (Fsp3) is 0.259. The van der Waals surface area contributed by atoms with Crippen LogP contribution in [-0.4, -0.2) is 15.2 Å². The molecule has 0 fully saturated rings. The summed E-state index contributed by atoms with van der Waals surface area (Å²) in [5.74, 6) is 0.546. The summed E-state index contributed by atoms with van der Waals surface area (Å²) in [6.45, 7) is -2.19. The number of hydrogen-bond donors (Lipinski definition) is 0. The maximum atomic E-state index is 9.92. The maximum absolute atomic E-state index is 9.92. The van der Waals surface area contributed by atoms with Gasteiger partial charge in [-0.3, -0.25) is 4.98 Å². The van der Waals surface area contributed by atoms with Gasteiger partial charge in [0, 0.05) is 29.5 Å². The lowest BCUT2D eigenvalue weighted by molar-refractivity contribution is 0.399. The van der Waals surface area contributed by atoms with Crippen LogP contribution in [0.5, 0.6) is 0 Å². The molecule has 4 aromatic rings. The van der Waals surface area contributed by atoms with Gasteiger partial charge in [0.15, 0.2) is 0 Å². The molecule has 2 aromatic carbocycles. The Balaban J connectivity index is 1.88. The van der Waals surface area contributed by atoms with Crippen LogP contribution in [0.25, 0.3) is 33.8 Å². The van der Waals surface area contributed by atoms with Crippen LogP contribution < -0.4 is 0 Å². The lowest BCUT2D eigenvalue weighted by atomic mass is 9.94. The van der Waals surface area contributed by atoms with Crippen molar-refractivity contribution >= 4 is 0 Å². The summed E-state index contributed by atoms with van der Waals surface area (Å²) in [5.41, 5.74) is 0.606. The summed E-state index contributed by atoms with van der Waals surface area (Å²) in [4.78, 5) is 4.20. The minimum Gasteiger partial charge on any atom is -0.420 e. The molecule has 32 heavy (non-hydrogen) atoms. The van der Waals surface area contributed by atoms with Crippen LogP contribution in [0, 0.1) is 31.9 Å². The van der Waals surface area contributed by atoms with Gasteiger partial charge in [0.2, 0.25) is 11.8 Å². The summed E-state index contributed by atoms with van der Waals surface area (Å²) in [6.07, 6.45) is 1.01. The van der Waals surface area contributed by atoms with Crippen LogP contribution in [0.2, 0.25) is 0 Å². The lowest BCUT2D eigenvalue weighted by Gasteiger charge is -2.12. The Morgan fingerprint density at radius 3 is 2.34 bits per heavy atom. The molecule has 0 atom stereocenters. The average Bonchev–Trinajstić information content (AvgIpc) is 3.37. The highest BCUT2D eigenvalue weighted by Gasteiger charge is 2.23. The quantitative estimate of drug-likeness (QED) is 0.367. The second-order valence-corrected chi connectivity index (χ2v) is 8.41. The average molecular weight is 432 g/mol. The molecule has 5 nitrogen and oxygen atoms in total. The third-order valence-electron chi connectivity index (χ3n) is 4.97. The highest BCUT2D eigenvalue weighted by Crippen LogP contribution is 2.33. The third kappa shape index (κ3) is 4.04. The van der Waals surface area contributed by atoms with Crippen LogP contribution in [0.15, 0.2) is 53.1 Å². The lowest BCUT2D eigenvalue weighted by Crippen LogP contribution is -2.11. The van der Waals surface area contributed by atoms with Gasteiger partial charge in [0.05, 0.1) is 22.9 Å². The predicted molar refractivity (Wildman–Crippen MR) is 126 cm³/mol. The molecule has 0 amide bonds. The minimum atomic E-state index is -2.72. The molecule has 0 N–H and O–H groups in total. The predicted octanol–water partition coefficient (Wildman–Crippen LogP) is 6.56. The molecule has 0 unspecified atom stereocenters. The SMILES string of the molecule is [2H]C([2H])([2H])c1ccc(-c2cc(C([2H])([2H])[2H])c(C([2H])([2H])[2H])cn2)cc1-c1ccc(-c2nnc(C(C)(C)C)o2)c(C#N)c1. The fourth-order valence-corrected chi connectivity index (χ4v) is 3.18. The van der Waals surface area contributed by atoms with Crippen LogP contribution in [-0.2, 0) is 5.41 Å². The Hall–Kier alpha value is -3.78. The standard InChI is InChI=1S/C27H26N4O/c1-16-7-8-20(24-11-17(2)18(3)15-29-24)13-23(16)19-9-10-22(21(12-19)14-28)25-30-31-26(32-25)27(4,5)6/h7-13,15H,1-6H3/i1D3,2D3,3D3. The number of nitriles is 1. The van der Waals surface area contributed by atoms with E-state index in [9.17, 15) is 5.26 Å². The van der Waals surface area contributed by atoms with E-state index in [-0.39, 0.29) is 39.4 Å². The number of pyridine rings is 1. The Labute approximate surface area is 201 Å². The molecule has 2 heterocycles. The number of hydrogen-bond acceptors (Lipinski definition) is 5. The van der Waals surface area contributed by atoms with Crippen molar-refractivity contribution in [3.05, 3.63) is 76.8 Å². The van der Waals surface area contributed by atoms with Crippen molar-refractivity contribution in [2.24, 2.45) is 0 Å². The molecule has 0 aliphatic heterocycles. The van der Waals surface area contributed by atoms with Gasteiger partial charge in [-0.1, -0.05) is 39.0 Å². The summed E-state index contributed by atoms with van der Waals surface area (Å²) in [6, 6.07) is 12.4. The number of benzene rings is 2. The molecule has 0 radical (unpaired) electrons. The molecule has 4 rings (SSSR count). The smallest absolute Gasteiger partial charge is 0.249 e. The summed E-state index contributed by atoms with van der Waals surface area (Å²) in [7, 11) is 0. The zero-order valence-electron chi connectivity index (χ0n) is 26.8. The van der Waals surface area contributed by atoms with E-state index in [1.54, 1.807) is 12.1 Å². The van der Waals surface area contributed by atoms with E-state index >= 15 is 0 Å². The van der Waals surface area contributed by atoms with E-state index in [1.807, 2.05) is 20.8 Å². The first-order chi connectivity index (χ1) is 18.8. The Morgan fingerprint density at radius 2 is 1.66 bits per heavy atom. The van der Waals surface area contributed by atoms with Crippen LogP contribution in [0.4, 0.5) is 0 Å². The normalized spacial score (nSPS) is 16.8. The molecular formula is C27H26N4O. The van der Waals surface area contributed by atoms with Crippen molar-refractivity contribution in [2.75, 3.05) is 0 Å². The first-order valence-corrected chi connectivity index (χ1v) is 9.85. The molecule has 0 spiro atoms. The van der Waals surface area contributed by atoms with Crippen LogP contribution >= 0.6 is 0 Å². The third-order valence-corrected chi connectivity index (χ3v) is 4.97. The summed E-state index contributed by atoms with van der Waals surface area (Å²) >= 11 is 0. The molecule has 0 saturated heterocycles. The largest absolute Gasteiger partial charge is 0.420 e. The van der Waals surface area contributed by atoms with Gasteiger partial charge >= 0.3 is 0 Å². The zero-order valence-corrected chi connectivity index (χ0v) is 17.8. The van der Waals surface area contributed by atoms with Gasteiger partial charge in [0.25, 0.3) is 0 Å². The number of rotatable bonds is 3. The van der Waals surface area contributed by atoms with Gasteiger partial charge in [-0.25, -0.2) is 0 Å². The van der Waals surface area contributed by atoms with Crippen molar-refractivity contribution in [3.8, 4) is 39.9 Å². The van der Waals surface area contributed by atoms with E-state index in [0.717, 1.165) is 6.20 Å². The van der Waals surface area contributed by atoms with Gasteiger partial charge < -0.3 is 4.42 Å². The molecule has 2 aromatic heterocycles. The molecule has 0 saturated carbocycles. The van der Waals surface area contributed by atoms with E-state index in [2.05, 4.69) is 21.3 Å². The van der Waals surface area contributed by atoms with Gasteiger partial charge in [0.1, 0.15) is 0 Å². The second kappa shape index (κ2) is 8.05. The van der Waals surface area contributed by atoms with E-state index in [0.29, 0.717) is 22.6 Å². The minimum absolute atomic E-state index is 0.000792. The second-order valence-electron chi connectivity index (χ2n) is 8.41. The Kier molecular flexibility index (Phi) is 3.25. The van der Waals surface area contributed by atoms with Gasteiger partial charge in [-0.2, -0.15) is 5.26 Å². The van der Waals surface area contributed by atoms with Crippen molar-refractivity contribution in [3.63, 3.8) is 0 Å². The highest BCUT2D eigenvalue weighted by atomic mass is 16.4. The van der Waals surface area contributed by atoms with Crippen molar-refractivity contribution in [1.82, 2.24) is 15.2 Å². The van der Waals surface area contributed by atoms with Crippen molar-refractivity contribution in [1.29, 1.82) is 5.26 Å². The molecule has 0 aliphatic rings. The van der Waals surface area contributed by atoms with E-state index in [1.165, 1.54) is 30.3 Å². The van der Waals surface area contributed by atoms with E-state index < -0.39 is 26.0 Å². The maximum Gasteiger partial charge on any atom is 0.249 e. The topological polar surface area (TPSA) is 75.6 Å². The molecule has 0 aliphatic carbocycles. The molecule has 160 valence electrons.